The van der Waals surface area contributed by atoms with Crippen molar-refractivity contribution in [3.63, 3.8) is 0 Å². The third kappa shape index (κ3) is 2.38. The molecule has 0 amide bonds. The first kappa shape index (κ1) is 12.1. The van der Waals surface area contributed by atoms with Crippen LogP contribution in [0.25, 0.3) is 0 Å². The second kappa shape index (κ2) is 4.74. The Hall–Kier alpha value is -1.62. The number of aryl methyl sites for hydroxylation is 2. The van der Waals surface area contributed by atoms with Crippen molar-refractivity contribution < 1.29 is 0 Å². The van der Waals surface area contributed by atoms with Crippen molar-refractivity contribution in [1.29, 1.82) is 0 Å². The Bertz CT molecular complexity index is 678. The molecule has 20 heavy (non-hydrogen) atoms. The summed E-state index contributed by atoms with van der Waals surface area (Å²) in [5.41, 5.74) is 1.46. The van der Waals surface area contributed by atoms with Crippen LogP contribution in [0.5, 0.6) is 0 Å². The summed E-state index contributed by atoms with van der Waals surface area (Å²) in [4.78, 5) is 21.9. The SMILES string of the molecule is O=c1cc(NCc2cc3c(s2)CCC3)nc(C2CC2)[nH]1. The minimum atomic E-state index is -0.0573. The second-order valence-electron chi connectivity index (χ2n) is 5.66. The highest BCUT2D eigenvalue weighted by Crippen LogP contribution is 2.37. The van der Waals surface area contributed by atoms with Gasteiger partial charge in [0.15, 0.2) is 0 Å². The van der Waals surface area contributed by atoms with Crippen molar-refractivity contribution in [1.82, 2.24) is 9.97 Å². The summed E-state index contributed by atoms with van der Waals surface area (Å²) in [6.07, 6.45) is 6.04. The molecule has 0 radical (unpaired) electrons. The molecule has 0 unspecified atom stereocenters. The van der Waals surface area contributed by atoms with Crippen molar-refractivity contribution in [2.45, 2.75) is 44.6 Å². The van der Waals surface area contributed by atoms with Crippen molar-refractivity contribution in [2.75, 3.05) is 5.32 Å². The van der Waals surface area contributed by atoms with Gasteiger partial charge in [-0.25, -0.2) is 4.98 Å². The van der Waals surface area contributed by atoms with Crippen LogP contribution in [0.3, 0.4) is 0 Å². The average Bonchev–Trinajstić information content (AvgIpc) is 3.06. The van der Waals surface area contributed by atoms with Gasteiger partial charge >= 0.3 is 0 Å². The van der Waals surface area contributed by atoms with Gasteiger partial charge in [-0.3, -0.25) is 4.79 Å². The van der Waals surface area contributed by atoms with E-state index in [0.29, 0.717) is 11.7 Å². The number of anilines is 1. The monoisotopic (exact) mass is 287 g/mol. The Morgan fingerprint density at radius 3 is 3.05 bits per heavy atom. The standard InChI is InChI=1S/C15H17N3OS/c19-14-7-13(17-15(18-14)9-4-5-9)16-8-11-6-10-2-1-3-12(10)20-11/h6-7,9H,1-5,8H2,(H2,16,17,18,19). The zero-order valence-corrected chi connectivity index (χ0v) is 12.1. The van der Waals surface area contributed by atoms with Gasteiger partial charge in [0.25, 0.3) is 5.56 Å². The molecular weight excluding hydrogens is 270 g/mol. The van der Waals surface area contributed by atoms with E-state index < -0.39 is 0 Å². The Labute approximate surface area is 121 Å². The second-order valence-corrected chi connectivity index (χ2v) is 6.88. The van der Waals surface area contributed by atoms with E-state index in [2.05, 4.69) is 21.4 Å². The first-order valence-electron chi connectivity index (χ1n) is 7.23. The maximum atomic E-state index is 11.6. The molecular formula is C15H17N3OS. The molecule has 0 aromatic carbocycles. The van der Waals surface area contributed by atoms with Crippen molar-refractivity contribution in [3.05, 3.63) is 43.6 Å². The van der Waals surface area contributed by atoms with E-state index in [1.807, 2.05) is 11.3 Å². The van der Waals surface area contributed by atoms with E-state index >= 15 is 0 Å². The molecule has 0 saturated heterocycles. The lowest BCUT2D eigenvalue weighted by atomic mass is 10.2. The fraction of sp³-hybridized carbons (Fsp3) is 0.467. The number of aromatic nitrogens is 2. The van der Waals surface area contributed by atoms with Crippen molar-refractivity contribution in [3.8, 4) is 0 Å². The maximum Gasteiger partial charge on any atom is 0.252 e. The third-order valence-electron chi connectivity index (χ3n) is 3.97. The minimum absolute atomic E-state index is 0.0573. The molecule has 2 heterocycles. The third-order valence-corrected chi connectivity index (χ3v) is 5.20. The summed E-state index contributed by atoms with van der Waals surface area (Å²) in [6, 6.07) is 3.85. The van der Waals surface area contributed by atoms with Gasteiger partial charge < -0.3 is 10.3 Å². The number of nitrogens with zero attached hydrogens (tertiary/aromatic N) is 1. The number of nitrogens with one attached hydrogen (secondary N) is 2. The highest BCUT2D eigenvalue weighted by molar-refractivity contribution is 7.12. The Kier molecular flexibility index (Phi) is 2.88. The van der Waals surface area contributed by atoms with Crippen molar-refractivity contribution in [2.24, 2.45) is 0 Å². The molecule has 1 saturated carbocycles. The summed E-state index contributed by atoms with van der Waals surface area (Å²) < 4.78 is 0. The van der Waals surface area contributed by atoms with Crippen LogP contribution in [-0.4, -0.2) is 9.97 Å². The van der Waals surface area contributed by atoms with Crippen LogP contribution in [-0.2, 0) is 19.4 Å². The lowest BCUT2D eigenvalue weighted by Crippen LogP contribution is -2.13. The van der Waals surface area contributed by atoms with Crippen LogP contribution in [0.2, 0.25) is 0 Å². The first-order valence-corrected chi connectivity index (χ1v) is 8.05. The van der Waals surface area contributed by atoms with E-state index in [1.54, 1.807) is 10.9 Å². The van der Waals surface area contributed by atoms with Crippen LogP contribution in [0.1, 0.15) is 46.3 Å². The molecule has 4 rings (SSSR count). The molecule has 2 aliphatic carbocycles. The highest BCUT2D eigenvalue weighted by atomic mass is 32.1. The quantitative estimate of drug-likeness (QED) is 0.909. The predicted molar refractivity (Wildman–Crippen MR) is 80.5 cm³/mol. The summed E-state index contributed by atoms with van der Waals surface area (Å²) >= 11 is 1.89. The molecule has 0 spiro atoms. The first-order chi connectivity index (χ1) is 9.78. The average molecular weight is 287 g/mol. The van der Waals surface area contributed by atoms with Gasteiger partial charge in [0.2, 0.25) is 0 Å². The fourth-order valence-corrected chi connectivity index (χ4v) is 3.97. The highest BCUT2D eigenvalue weighted by Gasteiger charge is 2.26. The summed E-state index contributed by atoms with van der Waals surface area (Å²) in [5.74, 6) is 2.01. The Morgan fingerprint density at radius 2 is 2.25 bits per heavy atom. The lowest BCUT2D eigenvalue weighted by molar-refractivity contribution is 0.903. The molecule has 5 heteroatoms. The number of hydrogen-bond acceptors (Lipinski definition) is 4. The molecule has 2 N–H and O–H groups in total. The molecule has 0 aliphatic heterocycles. The topological polar surface area (TPSA) is 57.8 Å². The molecule has 1 fully saturated rings. The lowest BCUT2D eigenvalue weighted by Gasteiger charge is -2.05. The molecule has 2 aromatic heterocycles. The number of H-pyrrole nitrogens is 1. The van der Waals surface area contributed by atoms with Gasteiger partial charge in [0.05, 0.1) is 6.54 Å². The van der Waals surface area contributed by atoms with E-state index in [4.69, 9.17) is 0 Å². The Balaban J connectivity index is 1.49. The number of fused-ring (bicyclic) bond motifs is 1. The number of hydrogen-bond donors (Lipinski definition) is 2. The largest absolute Gasteiger partial charge is 0.365 e. The van der Waals surface area contributed by atoms with Gasteiger partial charge in [0.1, 0.15) is 11.6 Å². The number of aromatic amines is 1. The van der Waals surface area contributed by atoms with Gasteiger partial charge in [0, 0.05) is 21.7 Å². The van der Waals surface area contributed by atoms with Crippen LogP contribution in [0, 0.1) is 0 Å². The van der Waals surface area contributed by atoms with Crippen LogP contribution < -0.4 is 10.9 Å². The fourth-order valence-electron chi connectivity index (χ4n) is 2.77. The van der Waals surface area contributed by atoms with Crippen LogP contribution in [0.15, 0.2) is 16.9 Å². The Morgan fingerprint density at radius 1 is 1.35 bits per heavy atom. The smallest absolute Gasteiger partial charge is 0.252 e. The molecule has 2 aliphatic rings. The summed E-state index contributed by atoms with van der Waals surface area (Å²) in [5, 5.41) is 3.29. The van der Waals surface area contributed by atoms with Crippen LogP contribution in [0.4, 0.5) is 5.82 Å². The maximum absolute atomic E-state index is 11.6. The zero-order chi connectivity index (χ0) is 13.5. The van der Waals surface area contributed by atoms with E-state index in [0.717, 1.165) is 25.2 Å². The summed E-state index contributed by atoms with van der Waals surface area (Å²) in [6.45, 7) is 0.762. The van der Waals surface area contributed by atoms with E-state index in [9.17, 15) is 4.79 Å². The summed E-state index contributed by atoms with van der Waals surface area (Å²) in [7, 11) is 0. The van der Waals surface area contributed by atoms with E-state index in [1.165, 1.54) is 29.7 Å². The van der Waals surface area contributed by atoms with Gasteiger partial charge in [-0.15, -0.1) is 11.3 Å². The van der Waals surface area contributed by atoms with Gasteiger partial charge in [-0.2, -0.15) is 0 Å². The zero-order valence-electron chi connectivity index (χ0n) is 11.2. The van der Waals surface area contributed by atoms with Gasteiger partial charge in [-0.05, 0) is 43.7 Å². The molecule has 2 aromatic rings. The van der Waals surface area contributed by atoms with E-state index in [-0.39, 0.29) is 5.56 Å². The minimum Gasteiger partial charge on any atom is -0.365 e. The predicted octanol–water partition coefficient (Wildman–Crippen LogP) is 2.81. The number of rotatable bonds is 4. The molecule has 104 valence electrons. The molecule has 0 atom stereocenters. The molecule has 4 nitrogen and oxygen atoms in total. The molecule has 0 bridgehead atoms. The number of thiophene rings is 1. The van der Waals surface area contributed by atoms with Crippen LogP contribution >= 0.6 is 11.3 Å². The van der Waals surface area contributed by atoms with Crippen molar-refractivity contribution >= 4 is 17.2 Å². The normalized spacial score (nSPS) is 17.2. The van der Waals surface area contributed by atoms with Gasteiger partial charge in [-0.1, -0.05) is 0 Å².